The maximum Gasteiger partial charge on any atom is 0.231 e. The van der Waals surface area contributed by atoms with Gasteiger partial charge in [0.1, 0.15) is 18.1 Å². The Hall–Kier alpha value is -3.50. The summed E-state index contributed by atoms with van der Waals surface area (Å²) < 4.78 is 14.0. The average molecular weight is 430 g/mol. The molecule has 0 aliphatic carbocycles. The van der Waals surface area contributed by atoms with Gasteiger partial charge in [-0.15, -0.1) is 0 Å². The fraction of sp³-hybridized carbons (Fsp3) is 0.115. The van der Waals surface area contributed by atoms with E-state index in [1.165, 1.54) is 0 Å². The second kappa shape index (κ2) is 7.97. The topological polar surface area (TPSA) is 40.5 Å². The first kappa shape index (κ1) is 19.5. The van der Waals surface area contributed by atoms with E-state index in [4.69, 9.17) is 21.1 Å². The molecule has 0 saturated carbocycles. The molecule has 5 heteroatoms. The smallest absolute Gasteiger partial charge is 0.231 e. The first-order valence-corrected chi connectivity index (χ1v) is 10.5. The maximum atomic E-state index is 12.9. The van der Waals surface area contributed by atoms with Crippen LogP contribution in [0.4, 0.5) is 0 Å². The van der Waals surface area contributed by atoms with Gasteiger partial charge in [-0.3, -0.25) is 4.79 Å². The monoisotopic (exact) mass is 429 g/mol. The van der Waals surface area contributed by atoms with Crippen LogP contribution in [0, 0.1) is 0 Å². The van der Waals surface area contributed by atoms with Crippen LogP contribution in [0.3, 0.4) is 0 Å². The van der Waals surface area contributed by atoms with Gasteiger partial charge in [-0.1, -0.05) is 41.9 Å². The molecule has 0 amide bonds. The van der Waals surface area contributed by atoms with E-state index in [9.17, 15) is 4.79 Å². The number of Topliss-reactive ketones (excluding diaryl/α,β-unsaturated/α-hetero) is 1. The molecule has 0 unspecified atom stereocenters. The van der Waals surface area contributed by atoms with Crippen molar-refractivity contribution in [3.63, 3.8) is 0 Å². The van der Waals surface area contributed by atoms with Crippen molar-refractivity contribution >= 4 is 34.4 Å². The van der Waals surface area contributed by atoms with Crippen molar-refractivity contribution in [1.82, 2.24) is 4.57 Å². The molecule has 4 nitrogen and oxygen atoms in total. The average Bonchev–Trinajstić information content (AvgIpc) is 3.31. The number of rotatable bonds is 5. The van der Waals surface area contributed by atoms with Gasteiger partial charge < -0.3 is 14.0 Å². The van der Waals surface area contributed by atoms with Crippen LogP contribution in [0.2, 0.25) is 5.02 Å². The minimum absolute atomic E-state index is 0.118. The molecule has 154 valence electrons. The van der Waals surface area contributed by atoms with Gasteiger partial charge in [0, 0.05) is 40.3 Å². The molecule has 0 saturated heterocycles. The third kappa shape index (κ3) is 3.71. The van der Waals surface area contributed by atoms with Gasteiger partial charge in [0.15, 0.2) is 5.76 Å². The van der Waals surface area contributed by atoms with E-state index in [0.717, 1.165) is 28.6 Å². The molecule has 3 aromatic carbocycles. The van der Waals surface area contributed by atoms with Crippen molar-refractivity contribution in [2.24, 2.45) is 0 Å². The number of halogens is 1. The van der Waals surface area contributed by atoms with Crippen LogP contribution in [0.5, 0.6) is 11.5 Å². The van der Waals surface area contributed by atoms with Crippen LogP contribution in [0.1, 0.15) is 28.4 Å². The van der Waals surface area contributed by atoms with Crippen LogP contribution in [-0.2, 0) is 13.2 Å². The van der Waals surface area contributed by atoms with E-state index in [-0.39, 0.29) is 5.78 Å². The lowest BCUT2D eigenvalue weighted by Gasteiger charge is -2.07. The molecule has 1 aliphatic heterocycles. The zero-order valence-corrected chi connectivity index (χ0v) is 17.7. The standard InChI is InChI=1S/C26H20ClNO3/c1-2-28-15-18(21-5-3-4-6-23(21)28)13-25-26(29)22-12-11-20(14-24(22)31-25)30-16-17-7-9-19(27)10-8-17/h3-15H,2,16H2,1H3. The summed E-state index contributed by atoms with van der Waals surface area (Å²) in [7, 11) is 0. The molecular weight excluding hydrogens is 410 g/mol. The van der Waals surface area contributed by atoms with Crippen molar-refractivity contribution < 1.29 is 14.3 Å². The lowest BCUT2D eigenvalue weighted by molar-refractivity contribution is 0.101. The number of ketones is 1. The molecule has 31 heavy (non-hydrogen) atoms. The lowest BCUT2D eigenvalue weighted by Crippen LogP contribution is -1.98. The number of para-hydroxylation sites is 1. The van der Waals surface area contributed by atoms with Crippen molar-refractivity contribution in [1.29, 1.82) is 0 Å². The minimum Gasteiger partial charge on any atom is -0.489 e. The number of hydrogen-bond donors (Lipinski definition) is 0. The molecule has 4 aromatic rings. The SMILES string of the molecule is CCn1cc(C=C2Oc3cc(OCc4ccc(Cl)cc4)ccc3C2=O)c2ccccc21. The van der Waals surface area contributed by atoms with Gasteiger partial charge in [0.2, 0.25) is 5.78 Å². The minimum atomic E-state index is -0.118. The number of nitrogens with zero attached hydrogens (tertiary/aromatic N) is 1. The fourth-order valence-electron chi connectivity index (χ4n) is 3.80. The highest BCUT2D eigenvalue weighted by Gasteiger charge is 2.28. The molecule has 0 radical (unpaired) electrons. The first-order chi connectivity index (χ1) is 15.1. The summed E-state index contributed by atoms with van der Waals surface area (Å²) >= 11 is 5.92. The number of allylic oxidation sites excluding steroid dienone is 1. The van der Waals surface area contributed by atoms with Crippen molar-refractivity contribution in [2.45, 2.75) is 20.1 Å². The Morgan fingerprint density at radius 2 is 1.87 bits per heavy atom. The zero-order chi connectivity index (χ0) is 21.4. The highest BCUT2D eigenvalue weighted by molar-refractivity contribution is 6.30. The van der Waals surface area contributed by atoms with E-state index in [0.29, 0.717) is 34.5 Å². The normalized spacial score (nSPS) is 14.1. The van der Waals surface area contributed by atoms with Crippen molar-refractivity contribution in [3.8, 4) is 11.5 Å². The van der Waals surface area contributed by atoms with E-state index < -0.39 is 0 Å². The number of aryl methyl sites for hydroxylation is 1. The second-order valence-electron chi connectivity index (χ2n) is 7.40. The number of ether oxygens (including phenoxy) is 2. The van der Waals surface area contributed by atoms with E-state index >= 15 is 0 Å². The Kier molecular flexibility index (Phi) is 5.00. The summed E-state index contributed by atoms with van der Waals surface area (Å²) in [5.41, 5.74) is 3.66. The summed E-state index contributed by atoms with van der Waals surface area (Å²) in [4.78, 5) is 12.9. The third-order valence-electron chi connectivity index (χ3n) is 5.41. The largest absolute Gasteiger partial charge is 0.489 e. The summed E-state index contributed by atoms with van der Waals surface area (Å²) in [6.07, 6.45) is 3.88. The molecular formula is C26H20ClNO3. The Labute approximate surface area is 185 Å². The van der Waals surface area contributed by atoms with Crippen LogP contribution in [0.25, 0.3) is 17.0 Å². The molecule has 0 atom stereocenters. The summed E-state index contributed by atoms with van der Waals surface area (Å²) in [6, 6.07) is 21.0. The lowest BCUT2D eigenvalue weighted by atomic mass is 10.1. The van der Waals surface area contributed by atoms with Crippen LogP contribution < -0.4 is 9.47 Å². The molecule has 0 bridgehead atoms. The van der Waals surface area contributed by atoms with Crippen molar-refractivity contribution in [2.75, 3.05) is 0 Å². The van der Waals surface area contributed by atoms with Gasteiger partial charge in [-0.2, -0.15) is 0 Å². The van der Waals surface area contributed by atoms with Gasteiger partial charge in [0.05, 0.1) is 5.56 Å². The van der Waals surface area contributed by atoms with Gasteiger partial charge >= 0.3 is 0 Å². The Morgan fingerprint density at radius 1 is 1.06 bits per heavy atom. The second-order valence-corrected chi connectivity index (χ2v) is 7.84. The number of carbonyl (C=O) groups excluding carboxylic acids is 1. The Balaban J connectivity index is 1.39. The number of benzene rings is 3. The van der Waals surface area contributed by atoms with Crippen LogP contribution in [0.15, 0.2) is 78.7 Å². The number of fused-ring (bicyclic) bond motifs is 2. The first-order valence-electron chi connectivity index (χ1n) is 10.2. The van der Waals surface area contributed by atoms with E-state index in [2.05, 4.69) is 29.8 Å². The number of aromatic nitrogens is 1. The quantitative estimate of drug-likeness (QED) is 0.339. The summed E-state index contributed by atoms with van der Waals surface area (Å²) in [6.45, 7) is 3.36. The van der Waals surface area contributed by atoms with Crippen molar-refractivity contribution in [3.05, 3.63) is 100 Å². The molecule has 5 rings (SSSR count). The number of carbonyl (C=O) groups is 1. The molecule has 1 aromatic heterocycles. The predicted octanol–water partition coefficient (Wildman–Crippen LogP) is 6.51. The molecule has 2 heterocycles. The zero-order valence-electron chi connectivity index (χ0n) is 17.0. The van der Waals surface area contributed by atoms with Gasteiger partial charge in [0.25, 0.3) is 0 Å². The predicted molar refractivity (Wildman–Crippen MR) is 123 cm³/mol. The highest BCUT2D eigenvalue weighted by Crippen LogP contribution is 2.36. The molecule has 0 N–H and O–H groups in total. The van der Waals surface area contributed by atoms with Crippen LogP contribution in [-0.4, -0.2) is 10.4 Å². The Bertz CT molecular complexity index is 1320. The summed E-state index contributed by atoms with van der Waals surface area (Å²) in [5, 5.41) is 1.78. The summed E-state index contributed by atoms with van der Waals surface area (Å²) in [5.74, 6) is 1.37. The van der Waals surface area contributed by atoms with E-state index in [1.807, 2.05) is 42.5 Å². The third-order valence-corrected chi connectivity index (χ3v) is 5.66. The van der Waals surface area contributed by atoms with Gasteiger partial charge in [-0.05, 0) is 48.9 Å². The molecule has 0 fully saturated rings. The van der Waals surface area contributed by atoms with E-state index in [1.54, 1.807) is 18.2 Å². The fourth-order valence-corrected chi connectivity index (χ4v) is 3.92. The molecule has 1 aliphatic rings. The maximum absolute atomic E-state index is 12.9. The van der Waals surface area contributed by atoms with Gasteiger partial charge in [-0.25, -0.2) is 0 Å². The Morgan fingerprint density at radius 3 is 2.68 bits per heavy atom. The highest BCUT2D eigenvalue weighted by atomic mass is 35.5. The van der Waals surface area contributed by atoms with Crippen LogP contribution >= 0.6 is 11.6 Å². The number of hydrogen-bond acceptors (Lipinski definition) is 3. The molecule has 0 spiro atoms.